The molecule has 134 valence electrons. The van der Waals surface area contributed by atoms with Crippen LogP contribution in [0.1, 0.15) is 32.6 Å². The van der Waals surface area contributed by atoms with Crippen molar-refractivity contribution >= 4 is 8.32 Å². The Hall–Kier alpha value is -0.763. The predicted octanol–water partition coefficient (Wildman–Crippen LogP) is 2.56. The van der Waals surface area contributed by atoms with E-state index in [-0.39, 0.29) is 17.2 Å². The monoisotopic (exact) mass is 351 g/mol. The Balaban J connectivity index is 1.79. The SMILES string of the molecule is CC(C)(C)[Si](C)(C)O[C@H]1[C@H](N)[C@H](O)[C@H]2O[C@@H](c3ccccc3)O[C@H]21. The lowest BCUT2D eigenvalue weighted by atomic mass is 10.2. The van der Waals surface area contributed by atoms with Crippen LogP contribution >= 0.6 is 0 Å². The molecular weight excluding hydrogens is 322 g/mol. The Bertz CT molecular complexity index is 574. The van der Waals surface area contributed by atoms with E-state index in [0.29, 0.717) is 0 Å². The fraction of sp³-hybridized carbons (Fsp3) is 0.667. The minimum absolute atomic E-state index is 0.0635. The van der Waals surface area contributed by atoms with Crippen molar-refractivity contribution in [2.45, 2.75) is 75.7 Å². The normalized spacial score (nSPS) is 36.8. The highest BCUT2D eigenvalue weighted by atomic mass is 28.4. The zero-order chi connectivity index (χ0) is 17.7. The molecule has 0 radical (unpaired) electrons. The number of nitrogens with two attached hydrogens (primary N) is 1. The molecule has 2 aliphatic rings. The number of ether oxygens (including phenoxy) is 2. The molecule has 5 nitrogen and oxygen atoms in total. The van der Waals surface area contributed by atoms with E-state index >= 15 is 0 Å². The highest BCUT2D eigenvalue weighted by Crippen LogP contribution is 2.44. The summed E-state index contributed by atoms with van der Waals surface area (Å²) in [4.78, 5) is 0. The van der Waals surface area contributed by atoms with Gasteiger partial charge in [-0.3, -0.25) is 0 Å². The molecule has 1 saturated heterocycles. The molecule has 6 heteroatoms. The van der Waals surface area contributed by atoms with Gasteiger partial charge in [0.2, 0.25) is 0 Å². The molecule has 0 aromatic heterocycles. The van der Waals surface area contributed by atoms with Gasteiger partial charge in [0.05, 0.1) is 12.1 Å². The lowest BCUT2D eigenvalue weighted by Gasteiger charge is -2.40. The average Bonchev–Trinajstić information content (AvgIpc) is 3.03. The minimum Gasteiger partial charge on any atom is -0.409 e. The Morgan fingerprint density at radius 2 is 1.67 bits per heavy atom. The molecule has 24 heavy (non-hydrogen) atoms. The molecule has 6 atom stereocenters. The van der Waals surface area contributed by atoms with Gasteiger partial charge in [0.15, 0.2) is 14.6 Å². The first-order chi connectivity index (χ1) is 11.1. The quantitative estimate of drug-likeness (QED) is 0.819. The van der Waals surface area contributed by atoms with E-state index in [9.17, 15) is 5.11 Å². The number of benzene rings is 1. The summed E-state index contributed by atoms with van der Waals surface area (Å²) in [7, 11) is -2.03. The van der Waals surface area contributed by atoms with Crippen molar-refractivity contribution in [3.63, 3.8) is 0 Å². The van der Waals surface area contributed by atoms with Gasteiger partial charge in [-0.1, -0.05) is 51.1 Å². The van der Waals surface area contributed by atoms with Gasteiger partial charge in [-0.25, -0.2) is 0 Å². The maximum Gasteiger partial charge on any atom is 0.192 e. The molecule has 0 bridgehead atoms. The third kappa shape index (κ3) is 3.07. The van der Waals surface area contributed by atoms with Gasteiger partial charge in [0.1, 0.15) is 18.3 Å². The van der Waals surface area contributed by atoms with Crippen molar-refractivity contribution in [3.05, 3.63) is 35.9 Å². The summed E-state index contributed by atoms with van der Waals surface area (Å²) in [6, 6.07) is 9.27. The molecule has 1 heterocycles. The van der Waals surface area contributed by atoms with Crippen LogP contribution in [-0.4, -0.2) is 43.9 Å². The second kappa shape index (κ2) is 6.19. The first-order valence-corrected chi connectivity index (χ1v) is 11.5. The molecule has 0 unspecified atom stereocenters. The van der Waals surface area contributed by atoms with Crippen molar-refractivity contribution in [1.82, 2.24) is 0 Å². The fourth-order valence-electron chi connectivity index (χ4n) is 3.07. The molecule has 1 aliphatic carbocycles. The van der Waals surface area contributed by atoms with E-state index in [0.717, 1.165) is 5.56 Å². The van der Waals surface area contributed by atoms with Crippen molar-refractivity contribution in [3.8, 4) is 0 Å². The lowest BCUT2D eigenvalue weighted by molar-refractivity contribution is -0.110. The molecule has 0 amide bonds. The molecule has 2 fully saturated rings. The van der Waals surface area contributed by atoms with Gasteiger partial charge in [0, 0.05) is 5.56 Å². The summed E-state index contributed by atoms with van der Waals surface area (Å²) in [5.74, 6) is 0. The first kappa shape index (κ1) is 18.0. The summed E-state index contributed by atoms with van der Waals surface area (Å²) >= 11 is 0. The third-order valence-corrected chi connectivity index (χ3v) is 10.1. The largest absolute Gasteiger partial charge is 0.409 e. The first-order valence-electron chi connectivity index (χ1n) is 8.59. The minimum atomic E-state index is -2.03. The molecular formula is C18H29NO4Si. The molecule has 1 aromatic carbocycles. The number of aliphatic hydroxyl groups is 1. The maximum absolute atomic E-state index is 10.5. The van der Waals surface area contributed by atoms with Crippen LogP contribution in [0.3, 0.4) is 0 Å². The van der Waals surface area contributed by atoms with Gasteiger partial charge in [0.25, 0.3) is 0 Å². The van der Waals surface area contributed by atoms with E-state index in [1.165, 1.54) is 0 Å². The highest BCUT2D eigenvalue weighted by Gasteiger charge is 2.58. The second-order valence-corrected chi connectivity index (χ2v) is 13.1. The van der Waals surface area contributed by atoms with Crippen LogP contribution in [0, 0.1) is 0 Å². The third-order valence-electron chi connectivity index (χ3n) is 5.63. The van der Waals surface area contributed by atoms with Crippen LogP contribution in [0.15, 0.2) is 30.3 Å². The second-order valence-electron chi connectivity index (χ2n) is 8.35. The van der Waals surface area contributed by atoms with Gasteiger partial charge in [-0.15, -0.1) is 0 Å². The molecule has 1 aliphatic heterocycles. The molecule has 3 rings (SSSR count). The van der Waals surface area contributed by atoms with Crippen LogP contribution in [0.2, 0.25) is 18.1 Å². The topological polar surface area (TPSA) is 73.9 Å². The zero-order valence-corrected chi connectivity index (χ0v) is 16.1. The summed E-state index contributed by atoms with van der Waals surface area (Å²) in [5, 5.41) is 10.6. The van der Waals surface area contributed by atoms with Crippen LogP contribution in [0.4, 0.5) is 0 Å². The molecule has 1 saturated carbocycles. The predicted molar refractivity (Wildman–Crippen MR) is 95.0 cm³/mol. The standard InChI is InChI=1S/C18H29NO4Si/c1-18(2,3)24(4,5)23-14-12(19)13(20)15-16(14)22-17(21-15)11-9-7-6-8-10-11/h6-10,12-17,20H,19H2,1-5H3/t12-,13+,14+,15-,16+,17-/m1/s1. The summed E-state index contributed by atoms with van der Waals surface area (Å²) in [6.45, 7) is 10.9. The van der Waals surface area contributed by atoms with Crippen molar-refractivity contribution in [2.75, 3.05) is 0 Å². The Kier molecular flexibility index (Phi) is 4.66. The van der Waals surface area contributed by atoms with Crippen molar-refractivity contribution < 1.29 is 19.0 Å². The number of hydrogen-bond donors (Lipinski definition) is 2. The molecule has 1 aromatic rings. The van der Waals surface area contributed by atoms with Gasteiger partial charge in [-0.05, 0) is 18.1 Å². The highest BCUT2D eigenvalue weighted by molar-refractivity contribution is 6.74. The van der Waals surface area contributed by atoms with E-state index < -0.39 is 32.9 Å². The van der Waals surface area contributed by atoms with Crippen LogP contribution in [0.5, 0.6) is 0 Å². The van der Waals surface area contributed by atoms with Crippen LogP contribution in [0.25, 0.3) is 0 Å². The van der Waals surface area contributed by atoms with E-state index in [1.807, 2.05) is 30.3 Å². The summed E-state index contributed by atoms with van der Waals surface area (Å²) < 4.78 is 18.6. The van der Waals surface area contributed by atoms with Gasteiger partial charge < -0.3 is 24.7 Å². The number of hydrogen-bond acceptors (Lipinski definition) is 5. The number of fused-ring (bicyclic) bond motifs is 1. The van der Waals surface area contributed by atoms with E-state index in [1.54, 1.807) is 0 Å². The Labute approximate surface area is 145 Å². The van der Waals surface area contributed by atoms with Crippen molar-refractivity contribution in [2.24, 2.45) is 5.73 Å². The van der Waals surface area contributed by atoms with Crippen LogP contribution < -0.4 is 5.73 Å². The van der Waals surface area contributed by atoms with Crippen molar-refractivity contribution in [1.29, 1.82) is 0 Å². The van der Waals surface area contributed by atoms with Gasteiger partial charge >= 0.3 is 0 Å². The zero-order valence-electron chi connectivity index (χ0n) is 15.1. The average molecular weight is 352 g/mol. The summed E-state index contributed by atoms with van der Waals surface area (Å²) in [5.41, 5.74) is 7.18. The molecule has 0 spiro atoms. The van der Waals surface area contributed by atoms with Gasteiger partial charge in [-0.2, -0.15) is 0 Å². The van der Waals surface area contributed by atoms with Crippen LogP contribution in [-0.2, 0) is 13.9 Å². The molecule has 3 N–H and O–H groups in total. The maximum atomic E-state index is 10.5. The smallest absolute Gasteiger partial charge is 0.192 e. The fourth-order valence-corrected chi connectivity index (χ4v) is 4.40. The Morgan fingerprint density at radius 1 is 1.08 bits per heavy atom. The lowest BCUT2D eigenvalue weighted by Crippen LogP contribution is -2.52. The Morgan fingerprint density at radius 3 is 2.25 bits per heavy atom. The van der Waals surface area contributed by atoms with E-state index in [4.69, 9.17) is 19.6 Å². The number of rotatable bonds is 3. The van der Waals surface area contributed by atoms with E-state index in [2.05, 4.69) is 33.9 Å². The number of aliphatic hydroxyl groups excluding tert-OH is 1. The summed E-state index contributed by atoms with van der Waals surface area (Å²) in [6.07, 6.45) is -2.39.